The molecule has 0 saturated carbocycles. The van der Waals surface area contributed by atoms with Crippen LogP contribution in [0.3, 0.4) is 0 Å². The van der Waals surface area contributed by atoms with E-state index in [-0.39, 0.29) is 11.9 Å². The zero-order valence-corrected chi connectivity index (χ0v) is 15.8. The predicted molar refractivity (Wildman–Crippen MR) is 103 cm³/mol. The highest BCUT2D eigenvalue weighted by atomic mass is 35.5. The van der Waals surface area contributed by atoms with Crippen LogP contribution in [0.2, 0.25) is 5.02 Å². The summed E-state index contributed by atoms with van der Waals surface area (Å²) >= 11 is 6.30. The Hall–Kier alpha value is -2.46. The number of amides is 1. The Bertz CT molecular complexity index is 855. The third-order valence-electron chi connectivity index (χ3n) is 4.67. The van der Waals surface area contributed by atoms with Gasteiger partial charge >= 0.3 is 0 Å². The second-order valence-corrected chi connectivity index (χ2v) is 6.79. The van der Waals surface area contributed by atoms with Gasteiger partial charge in [-0.2, -0.15) is 0 Å². The molecule has 1 amide bonds. The van der Waals surface area contributed by atoms with E-state index >= 15 is 0 Å². The fraction of sp³-hybridized carbons (Fsp3) is 0.286. The number of carbonyl (C=O) groups is 1. The molecule has 0 aliphatic heterocycles. The molecule has 1 atom stereocenters. The Morgan fingerprint density at radius 2 is 2.00 bits per heavy atom. The molecule has 0 N–H and O–H groups in total. The van der Waals surface area contributed by atoms with Gasteiger partial charge in [-0.25, -0.2) is 0 Å². The van der Waals surface area contributed by atoms with Crippen molar-refractivity contribution < 1.29 is 9.21 Å². The maximum Gasteiger partial charge on any atom is 0.290 e. The molecule has 0 aliphatic carbocycles. The molecule has 3 aromatic rings. The lowest BCUT2D eigenvalue weighted by Crippen LogP contribution is -2.38. The highest BCUT2D eigenvalue weighted by molar-refractivity contribution is 6.31. The lowest BCUT2D eigenvalue weighted by atomic mass is 10.2. The second-order valence-electron chi connectivity index (χ2n) is 6.39. The molecular weight excluding hydrogens is 348 g/mol. The molecule has 0 saturated heterocycles. The smallest absolute Gasteiger partial charge is 0.290 e. The summed E-state index contributed by atoms with van der Waals surface area (Å²) in [5.74, 6) is 0.282. The number of hydrogen-bond donors (Lipinski definition) is 0. The van der Waals surface area contributed by atoms with E-state index in [1.54, 1.807) is 12.1 Å². The molecule has 2 aromatic heterocycles. The topological polar surface area (TPSA) is 38.4 Å². The van der Waals surface area contributed by atoms with Crippen LogP contribution in [0.1, 0.15) is 42.1 Å². The maximum atomic E-state index is 12.9. The molecule has 0 spiro atoms. The number of aromatic nitrogens is 1. The van der Waals surface area contributed by atoms with Gasteiger partial charge in [0.25, 0.3) is 5.91 Å². The standard InChI is InChI=1S/C21H23ClN2O2/c1-3-16(2)24(21(25)20-11-7-13-26-20)15-18-9-6-12-23(18)14-17-8-4-5-10-19(17)22/h4-13,16H,3,14-15H2,1-2H3/t16-/m0/s1. The summed E-state index contributed by atoms with van der Waals surface area (Å²) in [6.45, 7) is 5.33. The first kappa shape index (κ1) is 18.3. The van der Waals surface area contributed by atoms with Crippen LogP contribution in [0.25, 0.3) is 0 Å². The average Bonchev–Trinajstić information content (AvgIpc) is 3.32. The third kappa shape index (κ3) is 4.02. The van der Waals surface area contributed by atoms with Crippen molar-refractivity contribution in [3.05, 3.63) is 83.0 Å². The summed E-state index contributed by atoms with van der Waals surface area (Å²) in [5, 5.41) is 0.748. The molecule has 0 fully saturated rings. The highest BCUT2D eigenvalue weighted by Gasteiger charge is 2.23. The summed E-state index contributed by atoms with van der Waals surface area (Å²) in [6, 6.07) is 15.4. The minimum Gasteiger partial charge on any atom is -0.459 e. The quantitative estimate of drug-likeness (QED) is 0.571. The number of rotatable bonds is 7. The van der Waals surface area contributed by atoms with Gasteiger partial charge in [-0.15, -0.1) is 0 Å². The molecule has 1 aromatic carbocycles. The van der Waals surface area contributed by atoms with Crippen LogP contribution in [0, 0.1) is 0 Å². The second kappa shape index (κ2) is 8.28. The molecule has 4 nitrogen and oxygen atoms in total. The SMILES string of the molecule is CC[C@H](C)N(Cc1cccn1Cc1ccccc1Cl)C(=O)c1ccco1. The van der Waals surface area contributed by atoms with E-state index in [1.165, 1.54) is 6.26 Å². The predicted octanol–water partition coefficient (Wildman–Crippen LogP) is 5.22. The van der Waals surface area contributed by atoms with Gasteiger partial charge in [0.15, 0.2) is 5.76 Å². The van der Waals surface area contributed by atoms with Gasteiger partial charge < -0.3 is 13.9 Å². The fourth-order valence-corrected chi connectivity index (χ4v) is 3.12. The molecule has 26 heavy (non-hydrogen) atoms. The van der Waals surface area contributed by atoms with E-state index in [0.717, 1.165) is 22.7 Å². The zero-order chi connectivity index (χ0) is 18.5. The number of halogens is 1. The Morgan fingerprint density at radius 1 is 1.19 bits per heavy atom. The largest absolute Gasteiger partial charge is 0.459 e. The van der Waals surface area contributed by atoms with Gasteiger partial charge in [0.1, 0.15) is 0 Å². The van der Waals surface area contributed by atoms with Crippen molar-refractivity contribution in [2.75, 3.05) is 0 Å². The van der Waals surface area contributed by atoms with E-state index < -0.39 is 0 Å². The summed E-state index contributed by atoms with van der Waals surface area (Å²) in [6.07, 6.45) is 4.42. The molecule has 136 valence electrons. The highest BCUT2D eigenvalue weighted by Crippen LogP contribution is 2.20. The minimum atomic E-state index is -0.0881. The van der Waals surface area contributed by atoms with Gasteiger partial charge in [0, 0.05) is 29.5 Å². The lowest BCUT2D eigenvalue weighted by Gasteiger charge is -2.28. The van der Waals surface area contributed by atoms with E-state index in [1.807, 2.05) is 47.5 Å². The Kier molecular flexibility index (Phi) is 5.84. The van der Waals surface area contributed by atoms with Gasteiger partial charge in [-0.05, 0) is 49.2 Å². The summed E-state index contributed by atoms with van der Waals surface area (Å²) in [7, 11) is 0. The van der Waals surface area contributed by atoms with Crippen molar-refractivity contribution in [1.29, 1.82) is 0 Å². The van der Waals surface area contributed by atoms with E-state index in [4.69, 9.17) is 16.0 Å². The molecule has 5 heteroatoms. The lowest BCUT2D eigenvalue weighted by molar-refractivity contribution is 0.0634. The molecule has 3 rings (SSSR count). The van der Waals surface area contributed by atoms with Crippen LogP contribution in [-0.4, -0.2) is 21.4 Å². The van der Waals surface area contributed by atoms with Crippen LogP contribution in [-0.2, 0) is 13.1 Å². The average molecular weight is 371 g/mol. The molecule has 2 heterocycles. The number of hydrogen-bond acceptors (Lipinski definition) is 2. The van der Waals surface area contributed by atoms with Crippen molar-refractivity contribution in [1.82, 2.24) is 9.47 Å². The Labute approximate surface area is 159 Å². The van der Waals surface area contributed by atoms with Crippen molar-refractivity contribution >= 4 is 17.5 Å². The number of benzene rings is 1. The van der Waals surface area contributed by atoms with Crippen molar-refractivity contribution in [3.8, 4) is 0 Å². The van der Waals surface area contributed by atoms with E-state index in [0.29, 0.717) is 18.8 Å². The molecule has 0 radical (unpaired) electrons. The molecular formula is C21H23ClN2O2. The molecule has 0 bridgehead atoms. The van der Waals surface area contributed by atoms with Crippen molar-refractivity contribution in [3.63, 3.8) is 0 Å². The monoisotopic (exact) mass is 370 g/mol. The van der Waals surface area contributed by atoms with Crippen LogP contribution >= 0.6 is 11.6 Å². The minimum absolute atomic E-state index is 0.0881. The number of carbonyl (C=O) groups excluding carboxylic acids is 1. The van der Waals surface area contributed by atoms with Crippen LogP contribution in [0.5, 0.6) is 0 Å². The van der Waals surface area contributed by atoms with Gasteiger partial charge in [0.2, 0.25) is 0 Å². The number of furan rings is 1. The zero-order valence-electron chi connectivity index (χ0n) is 15.1. The van der Waals surface area contributed by atoms with Crippen LogP contribution in [0.15, 0.2) is 65.4 Å². The van der Waals surface area contributed by atoms with Crippen molar-refractivity contribution in [2.24, 2.45) is 0 Å². The Morgan fingerprint density at radius 3 is 2.69 bits per heavy atom. The normalized spacial score (nSPS) is 12.1. The van der Waals surface area contributed by atoms with Crippen molar-refractivity contribution in [2.45, 2.75) is 39.4 Å². The summed E-state index contributed by atoms with van der Waals surface area (Å²) < 4.78 is 7.45. The first-order valence-electron chi connectivity index (χ1n) is 8.82. The molecule has 0 unspecified atom stereocenters. The fourth-order valence-electron chi connectivity index (χ4n) is 2.92. The first-order valence-corrected chi connectivity index (χ1v) is 9.19. The Balaban J connectivity index is 1.83. The summed E-state index contributed by atoms with van der Waals surface area (Å²) in [5.41, 5.74) is 2.11. The van der Waals surface area contributed by atoms with E-state index in [2.05, 4.69) is 18.4 Å². The number of nitrogens with zero attached hydrogens (tertiary/aromatic N) is 2. The summed E-state index contributed by atoms with van der Waals surface area (Å²) in [4.78, 5) is 14.7. The van der Waals surface area contributed by atoms with Gasteiger partial charge in [-0.3, -0.25) is 4.79 Å². The van der Waals surface area contributed by atoms with E-state index in [9.17, 15) is 4.79 Å². The molecule has 0 aliphatic rings. The van der Waals surface area contributed by atoms with Crippen LogP contribution < -0.4 is 0 Å². The van der Waals surface area contributed by atoms with Gasteiger partial charge in [-0.1, -0.05) is 36.7 Å². The van der Waals surface area contributed by atoms with Crippen LogP contribution in [0.4, 0.5) is 0 Å². The third-order valence-corrected chi connectivity index (χ3v) is 5.04. The maximum absolute atomic E-state index is 12.9. The van der Waals surface area contributed by atoms with Gasteiger partial charge in [0.05, 0.1) is 12.8 Å². The first-order chi connectivity index (χ1) is 12.6.